The molecular weight excluding hydrogens is 280 g/mol. The molecule has 1 aromatic rings. The first kappa shape index (κ1) is 16.2. The zero-order valence-electron chi connectivity index (χ0n) is 11.5. The second-order valence-corrected chi connectivity index (χ2v) is 5.17. The average molecular weight is 298 g/mol. The van der Waals surface area contributed by atoms with Crippen LogP contribution in [0.1, 0.15) is 19.4 Å². The summed E-state index contributed by atoms with van der Waals surface area (Å²) >= 11 is 1.49. The van der Waals surface area contributed by atoms with E-state index in [1.165, 1.54) is 30.1 Å². The molecule has 1 aromatic heterocycles. The van der Waals surface area contributed by atoms with Crippen LogP contribution in [-0.2, 0) is 20.8 Å². The molecular formula is C13H18N2O4S. The molecule has 1 atom stereocenters. The highest BCUT2D eigenvalue weighted by atomic mass is 32.1. The molecule has 2 amide bonds. The van der Waals surface area contributed by atoms with Crippen LogP contribution in [0.15, 0.2) is 16.8 Å². The highest BCUT2D eigenvalue weighted by Gasteiger charge is 2.25. The molecule has 0 saturated heterocycles. The van der Waals surface area contributed by atoms with Crippen LogP contribution in [0.4, 0.5) is 0 Å². The normalized spacial score (nSPS) is 11.7. The van der Waals surface area contributed by atoms with Gasteiger partial charge in [0.15, 0.2) is 0 Å². The van der Waals surface area contributed by atoms with Crippen molar-refractivity contribution in [3.05, 3.63) is 22.4 Å². The molecule has 6 nitrogen and oxygen atoms in total. The largest absolute Gasteiger partial charge is 0.480 e. The third-order valence-electron chi connectivity index (χ3n) is 2.81. The van der Waals surface area contributed by atoms with Crippen LogP contribution in [0, 0.1) is 0 Å². The summed E-state index contributed by atoms with van der Waals surface area (Å²) in [5, 5.41) is 15.3. The van der Waals surface area contributed by atoms with Crippen molar-refractivity contribution in [2.75, 3.05) is 13.1 Å². The summed E-state index contributed by atoms with van der Waals surface area (Å²) in [4.78, 5) is 35.4. The van der Waals surface area contributed by atoms with Gasteiger partial charge in [0.25, 0.3) is 0 Å². The highest BCUT2D eigenvalue weighted by Crippen LogP contribution is 2.10. The minimum atomic E-state index is -1.06. The molecule has 0 aliphatic carbocycles. The van der Waals surface area contributed by atoms with Gasteiger partial charge in [-0.05, 0) is 29.3 Å². The van der Waals surface area contributed by atoms with Crippen molar-refractivity contribution in [1.82, 2.24) is 10.2 Å². The Labute approximate surface area is 121 Å². The molecule has 0 spiro atoms. The Morgan fingerprint density at radius 3 is 2.65 bits per heavy atom. The molecule has 0 aliphatic heterocycles. The number of hydrogen-bond acceptors (Lipinski definition) is 4. The van der Waals surface area contributed by atoms with Gasteiger partial charge in [0, 0.05) is 20.0 Å². The summed E-state index contributed by atoms with van der Waals surface area (Å²) in [6.45, 7) is 3.25. The van der Waals surface area contributed by atoms with Gasteiger partial charge in [0.2, 0.25) is 11.8 Å². The van der Waals surface area contributed by atoms with Crippen LogP contribution < -0.4 is 5.32 Å². The van der Waals surface area contributed by atoms with E-state index in [-0.39, 0.29) is 31.3 Å². The van der Waals surface area contributed by atoms with E-state index in [1.54, 1.807) is 0 Å². The molecule has 0 aromatic carbocycles. The lowest BCUT2D eigenvalue weighted by atomic mass is 10.2. The number of aliphatic carboxylic acids is 1. The summed E-state index contributed by atoms with van der Waals surface area (Å²) in [6.07, 6.45) is 0.168. The van der Waals surface area contributed by atoms with E-state index in [2.05, 4.69) is 5.32 Å². The fourth-order valence-electron chi connectivity index (χ4n) is 1.69. The Morgan fingerprint density at radius 2 is 2.15 bits per heavy atom. The number of hydrogen-bond donors (Lipinski definition) is 2. The molecule has 1 unspecified atom stereocenters. The molecule has 1 rings (SSSR count). The van der Waals surface area contributed by atoms with E-state index in [0.29, 0.717) is 0 Å². The Morgan fingerprint density at radius 1 is 1.45 bits per heavy atom. The molecule has 0 radical (unpaired) electrons. The SMILES string of the molecule is CC(=O)NCCN(C(=O)Cc1ccsc1)C(C)C(=O)O. The standard InChI is InChI=1S/C13H18N2O4S/c1-9(13(18)19)15(5-4-14-10(2)16)12(17)7-11-3-6-20-8-11/h3,6,8-9H,4-5,7H2,1-2H3,(H,14,16)(H,18,19). The monoisotopic (exact) mass is 298 g/mol. The number of rotatable bonds is 7. The first-order chi connectivity index (χ1) is 9.41. The minimum absolute atomic E-state index is 0.168. The summed E-state index contributed by atoms with van der Waals surface area (Å²) in [7, 11) is 0. The Kier molecular flexibility index (Phi) is 6.17. The molecule has 110 valence electrons. The van der Waals surface area contributed by atoms with Gasteiger partial charge in [0.1, 0.15) is 6.04 Å². The van der Waals surface area contributed by atoms with Gasteiger partial charge in [-0.1, -0.05) is 0 Å². The molecule has 0 fully saturated rings. The van der Waals surface area contributed by atoms with Gasteiger partial charge in [-0.25, -0.2) is 4.79 Å². The molecule has 1 heterocycles. The quantitative estimate of drug-likeness (QED) is 0.777. The summed E-state index contributed by atoms with van der Waals surface area (Å²) in [6, 6.07) is 0.912. The van der Waals surface area contributed by atoms with Crippen molar-refractivity contribution >= 4 is 29.1 Å². The maximum Gasteiger partial charge on any atom is 0.326 e. The van der Waals surface area contributed by atoms with Crippen LogP contribution in [-0.4, -0.2) is 46.9 Å². The van der Waals surface area contributed by atoms with Gasteiger partial charge < -0.3 is 15.3 Å². The van der Waals surface area contributed by atoms with Gasteiger partial charge in [-0.3, -0.25) is 9.59 Å². The topological polar surface area (TPSA) is 86.7 Å². The van der Waals surface area contributed by atoms with Crippen molar-refractivity contribution in [2.45, 2.75) is 26.3 Å². The minimum Gasteiger partial charge on any atom is -0.480 e. The van der Waals surface area contributed by atoms with Crippen LogP contribution in [0.25, 0.3) is 0 Å². The van der Waals surface area contributed by atoms with E-state index in [1.807, 2.05) is 16.8 Å². The number of carbonyl (C=O) groups excluding carboxylic acids is 2. The number of nitrogens with one attached hydrogen (secondary N) is 1. The molecule has 0 saturated carbocycles. The van der Waals surface area contributed by atoms with E-state index < -0.39 is 12.0 Å². The van der Waals surface area contributed by atoms with Crippen molar-refractivity contribution in [1.29, 1.82) is 0 Å². The lowest BCUT2D eigenvalue weighted by Gasteiger charge is -2.26. The maximum atomic E-state index is 12.2. The molecule has 7 heteroatoms. The molecule has 0 bridgehead atoms. The van der Waals surface area contributed by atoms with E-state index in [4.69, 9.17) is 5.11 Å². The first-order valence-corrected chi connectivity index (χ1v) is 7.14. The van der Waals surface area contributed by atoms with Crippen molar-refractivity contribution in [3.8, 4) is 0 Å². The Bertz CT molecular complexity index is 473. The molecule has 0 aliphatic rings. The number of nitrogens with zero attached hydrogens (tertiary/aromatic N) is 1. The summed E-state index contributed by atoms with van der Waals surface area (Å²) in [5.74, 6) is -1.53. The Hall–Kier alpha value is -1.89. The predicted molar refractivity (Wildman–Crippen MR) is 75.5 cm³/mol. The number of thiophene rings is 1. The van der Waals surface area contributed by atoms with Gasteiger partial charge in [-0.15, -0.1) is 0 Å². The van der Waals surface area contributed by atoms with Crippen LogP contribution in [0.2, 0.25) is 0 Å². The van der Waals surface area contributed by atoms with Crippen LogP contribution in [0.3, 0.4) is 0 Å². The van der Waals surface area contributed by atoms with Gasteiger partial charge >= 0.3 is 5.97 Å². The number of carboxylic acid groups (broad SMARTS) is 1. The van der Waals surface area contributed by atoms with Crippen LogP contribution in [0.5, 0.6) is 0 Å². The number of carboxylic acids is 1. The predicted octanol–water partition coefficient (Wildman–Crippen LogP) is 0.728. The maximum absolute atomic E-state index is 12.2. The number of amides is 2. The smallest absolute Gasteiger partial charge is 0.326 e. The van der Waals surface area contributed by atoms with E-state index in [0.717, 1.165) is 5.56 Å². The third-order valence-corrected chi connectivity index (χ3v) is 3.54. The summed E-state index contributed by atoms with van der Waals surface area (Å²) in [5.41, 5.74) is 0.863. The lowest BCUT2D eigenvalue weighted by molar-refractivity contribution is -0.149. The second kappa shape index (κ2) is 7.64. The summed E-state index contributed by atoms with van der Waals surface area (Å²) < 4.78 is 0. The lowest BCUT2D eigenvalue weighted by Crippen LogP contribution is -2.47. The Balaban J connectivity index is 2.67. The van der Waals surface area contributed by atoms with Crippen molar-refractivity contribution in [2.24, 2.45) is 0 Å². The second-order valence-electron chi connectivity index (χ2n) is 4.39. The number of carbonyl (C=O) groups is 3. The zero-order valence-corrected chi connectivity index (χ0v) is 12.3. The average Bonchev–Trinajstić information content (AvgIpc) is 2.86. The van der Waals surface area contributed by atoms with Crippen molar-refractivity contribution in [3.63, 3.8) is 0 Å². The fourth-order valence-corrected chi connectivity index (χ4v) is 2.36. The molecule has 2 N–H and O–H groups in total. The van der Waals surface area contributed by atoms with Gasteiger partial charge in [0.05, 0.1) is 6.42 Å². The van der Waals surface area contributed by atoms with E-state index >= 15 is 0 Å². The third kappa shape index (κ3) is 5.00. The van der Waals surface area contributed by atoms with Gasteiger partial charge in [-0.2, -0.15) is 11.3 Å². The highest BCUT2D eigenvalue weighted by molar-refractivity contribution is 7.07. The van der Waals surface area contributed by atoms with E-state index in [9.17, 15) is 14.4 Å². The van der Waals surface area contributed by atoms with Crippen LogP contribution >= 0.6 is 11.3 Å². The first-order valence-electron chi connectivity index (χ1n) is 6.19. The van der Waals surface area contributed by atoms with Crippen molar-refractivity contribution < 1.29 is 19.5 Å². The fraction of sp³-hybridized carbons (Fsp3) is 0.462. The molecule has 20 heavy (non-hydrogen) atoms. The zero-order chi connectivity index (χ0) is 15.1.